The fourth-order valence-corrected chi connectivity index (χ4v) is 3.58. The summed E-state index contributed by atoms with van der Waals surface area (Å²) in [4.78, 5) is 25.7. The Morgan fingerprint density at radius 2 is 1.63 bits per heavy atom. The van der Waals surface area contributed by atoms with Crippen LogP contribution in [-0.4, -0.2) is 40.1 Å². The first kappa shape index (κ1) is 19.7. The lowest BCUT2D eigenvalue weighted by Crippen LogP contribution is -2.50. The maximum atomic E-state index is 12.9. The predicted octanol–water partition coefficient (Wildman–Crippen LogP) is 3.42. The third-order valence-corrected chi connectivity index (χ3v) is 5.39. The molecule has 152 valence electrons. The molecule has 1 aliphatic heterocycles. The lowest BCUT2D eigenvalue weighted by Gasteiger charge is -2.39. The van der Waals surface area contributed by atoms with Gasteiger partial charge in [0.15, 0.2) is 0 Å². The average molecular weight is 422 g/mol. The molecule has 0 saturated heterocycles. The first-order chi connectivity index (χ1) is 14.5. The van der Waals surface area contributed by atoms with Crippen molar-refractivity contribution in [3.63, 3.8) is 0 Å². The summed E-state index contributed by atoms with van der Waals surface area (Å²) in [6.45, 7) is 1.90. The molecule has 1 aromatic heterocycles. The summed E-state index contributed by atoms with van der Waals surface area (Å²) in [5, 5.41) is 10.8. The van der Waals surface area contributed by atoms with Gasteiger partial charge in [0.05, 0.1) is 28.8 Å². The number of Topliss-reactive ketones (excluding diaryl/α,β-unsaturated/α-hetero) is 1. The number of halogens is 1. The highest BCUT2D eigenvalue weighted by molar-refractivity contribution is 6.33. The molecule has 30 heavy (non-hydrogen) atoms. The highest BCUT2D eigenvalue weighted by Gasteiger charge is 2.30. The maximum Gasteiger partial charge on any atom is 0.260 e. The monoisotopic (exact) mass is 421 g/mol. The first-order valence-electron chi connectivity index (χ1n) is 9.38. The van der Waals surface area contributed by atoms with Gasteiger partial charge in [0.1, 0.15) is 17.4 Å². The number of amides is 1. The van der Waals surface area contributed by atoms with Gasteiger partial charge in [0.25, 0.3) is 5.91 Å². The van der Waals surface area contributed by atoms with Gasteiger partial charge < -0.3 is 5.32 Å². The van der Waals surface area contributed by atoms with Crippen molar-refractivity contribution in [3.05, 3.63) is 89.0 Å². The van der Waals surface area contributed by atoms with Crippen LogP contribution in [0.5, 0.6) is 0 Å². The van der Waals surface area contributed by atoms with E-state index in [9.17, 15) is 9.59 Å². The van der Waals surface area contributed by atoms with E-state index < -0.39 is 5.91 Å². The fourth-order valence-electron chi connectivity index (χ4n) is 3.31. The Hall–Kier alpha value is -3.58. The van der Waals surface area contributed by atoms with Crippen LogP contribution in [0.2, 0.25) is 5.15 Å². The molecule has 4 rings (SSSR count). The molecule has 0 saturated carbocycles. The van der Waals surface area contributed by atoms with Crippen molar-refractivity contribution in [2.24, 2.45) is 0 Å². The summed E-state index contributed by atoms with van der Waals surface area (Å²) in [6.07, 6.45) is 1.40. The molecule has 0 aliphatic carbocycles. The number of hydrazine groups is 1. The van der Waals surface area contributed by atoms with Crippen LogP contribution < -0.4 is 10.3 Å². The van der Waals surface area contributed by atoms with Crippen molar-refractivity contribution in [2.75, 3.05) is 18.6 Å². The van der Waals surface area contributed by atoms with Gasteiger partial charge in [-0.05, 0) is 31.2 Å². The van der Waals surface area contributed by atoms with E-state index in [4.69, 9.17) is 11.6 Å². The lowest BCUT2D eigenvalue weighted by molar-refractivity contribution is -0.115. The van der Waals surface area contributed by atoms with E-state index in [0.717, 1.165) is 11.4 Å². The Morgan fingerprint density at radius 1 is 1.03 bits per heavy atom. The van der Waals surface area contributed by atoms with Crippen molar-refractivity contribution in [1.82, 2.24) is 20.1 Å². The Kier molecular flexibility index (Phi) is 5.29. The highest BCUT2D eigenvalue weighted by atomic mass is 35.5. The van der Waals surface area contributed by atoms with Gasteiger partial charge >= 0.3 is 0 Å². The molecule has 8 heteroatoms. The number of allylic oxidation sites excluding steroid dienone is 1. The van der Waals surface area contributed by atoms with Gasteiger partial charge in [-0.3, -0.25) is 19.6 Å². The number of nitrogens with zero attached hydrogens (tertiary/aromatic N) is 4. The van der Waals surface area contributed by atoms with E-state index in [0.29, 0.717) is 5.70 Å². The third-order valence-electron chi connectivity index (χ3n) is 5.03. The van der Waals surface area contributed by atoms with E-state index >= 15 is 0 Å². The molecular weight excluding hydrogens is 402 g/mol. The number of carbonyl (C=O) groups is 2. The van der Waals surface area contributed by atoms with Gasteiger partial charge in [-0.1, -0.05) is 48.0 Å². The van der Waals surface area contributed by atoms with Crippen LogP contribution in [0.3, 0.4) is 0 Å². The molecule has 2 aromatic carbocycles. The summed E-state index contributed by atoms with van der Waals surface area (Å²) in [5.41, 5.74) is 2.71. The second-order valence-corrected chi connectivity index (χ2v) is 7.21. The molecule has 1 N–H and O–H groups in total. The molecule has 0 atom stereocenters. The van der Waals surface area contributed by atoms with Gasteiger partial charge in [-0.2, -0.15) is 5.10 Å². The Morgan fingerprint density at radius 3 is 2.27 bits per heavy atom. The van der Waals surface area contributed by atoms with E-state index in [1.165, 1.54) is 10.9 Å². The maximum absolute atomic E-state index is 12.9. The molecule has 0 spiro atoms. The number of ketones is 1. The average Bonchev–Trinajstić information content (AvgIpc) is 3.16. The lowest BCUT2D eigenvalue weighted by atomic mass is 10.1. The number of hydrogen-bond donors (Lipinski definition) is 1. The van der Waals surface area contributed by atoms with Gasteiger partial charge in [0.2, 0.25) is 5.78 Å². The van der Waals surface area contributed by atoms with Crippen LogP contribution >= 0.6 is 11.6 Å². The minimum Gasteiger partial charge on any atom is -0.317 e. The van der Waals surface area contributed by atoms with E-state index in [1.807, 2.05) is 77.7 Å². The molecule has 2 heterocycles. The standard InChI is InChI=1S/C22H20ClN5O2/c1-15-20(19(29)14-27(26(15)2)16-9-5-3-6-10-16)25-22(30)18-13-24-28(21(18)23)17-11-7-4-8-12-17/h3-13H,14H2,1-2H3,(H,25,30). The van der Waals surface area contributed by atoms with Gasteiger partial charge in [-0.15, -0.1) is 0 Å². The van der Waals surface area contributed by atoms with Crippen LogP contribution in [0.15, 0.2) is 78.3 Å². The number of carbonyl (C=O) groups excluding carboxylic acids is 2. The second kappa shape index (κ2) is 8.04. The van der Waals surface area contributed by atoms with E-state index in [-0.39, 0.29) is 28.7 Å². The summed E-state index contributed by atoms with van der Waals surface area (Å²) >= 11 is 6.40. The van der Waals surface area contributed by atoms with Crippen molar-refractivity contribution in [3.8, 4) is 5.69 Å². The quantitative estimate of drug-likeness (QED) is 0.699. The number of para-hydroxylation sites is 2. The molecule has 0 bridgehead atoms. The van der Waals surface area contributed by atoms with E-state index in [1.54, 1.807) is 6.92 Å². The number of anilines is 1. The number of hydrogen-bond acceptors (Lipinski definition) is 5. The Balaban J connectivity index is 1.58. The molecule has 1 amide bonds. The molecule has 3 aromatic rings. The number of rotatable bonds is 4. The Bertz CT molecular complexity index is 1120. The van der Waals surface area contributed by atoms with Crippen LogP contribution in [0, 0.1) is 0 Å². The van der Waals surface area contributed by atoms with Crippen molar-refractivity contribution >= 4 is 29.0 Å². The molecule has 0 radical (unpaired) electrons. The van der Waals surface area contributed by atoms with Gasteiger partial charge in [0, 0.05) is 7.05 Å². The first-order valence-corrected chi connectivity index (χ1v) is 9.75. The van der Waals surface area contributed by atoms with Crippen LogP contribution in [-0.2, 0) is 4.79 Å². The van der Waals surface area contributed by atoms with Crippen molar-refractivity contribution in [1.29, 1.82) is 0 Å². The number of benzene rings is 2. The molecule has 0 fully saturated rings. The highest BCUT2D eigenvalue weighted by Crippen LogP contribution is 2.25. The fraction of sp³-hybridized carbons (Fsp3) is 0.136. The Labute approximate surface area is 179 Å². The molecule has 7 nitrogen and oxygen atoms in total. The molecular formula is C22H20ClN5O2. The largest absolute Gasteiger partial charge is 0.317 e. The summed E-state index contributed by atoms with van der Waals surface area (Å²) in [5.74, 6) is -0.666. The summed E-state index contributed by atoms with van der Waals surface area (Å²) in [6, 6.07) is 18.9. The summed E-state index contributed by atoms with van der Waals surface area (Å²) < 4.78 is 1.48. The normalized spacial score (nSPS) is 14.3. The van der Waals surface area contributed by atoms with E-state index in [2.05, 4.69) is 10.4 Å². The SMILES string of the molecule is CC1=C(NC(=O)c2cnn(-c3ccccc3)c2Cl)C(=O)CN(c2ccccc2)N1C. The van der Waals surface area contributed by atoms with Crippen LogP contribution in [0.4, 0.5) is 5.69 Å². The zero-order valence-electron chi connectivity index (χ0n) is 16.5. The zero-order chi connectivity index (χ0) is 21.3. The number of nitrogens with one attached hydrogen (secondary N) is 1. The van der Waals surface area contributed by atoms with Crippen LogP contribution in [0.25, 0.3) is 5.69 Å². The zero-order valence-corrected chi connectivity index (χ0v) is 17.3. The third kappa shape index (κ3) is 3.55. The predicted molar refractivity (Wildman–Crippen MR) is 115 cm³/mol. The molecule has 1 aliphatic rings. The minimum atomic E-state index is -0.480. The topological polar surface area (TPSA) is 70.5 Å². The number of aromatic nitrogens is 2. The smallest absolute Gasteiger partial charge is 0.260 e. The minimum absolute atomic E-state index is 0.116. The molecule has 0 unspecified atom stereocenters. The van der Waals surface area contributed by atoms with Gasteiger partial charge in [-0.25, -0.2) is 4.68 Å². The summed E-state index contributed by atoms with van der Waals surface area (Å²) in [7, 11) is 1.85. The van der Waals surface area contributed by atoms with Crippen molar-refractivity contribution in [2.45, 2.75) is 6.92 Å². The van der Waals surface area contributed by atoms with Crippen molar-refractivity contribution < 1.29 is 9.59 Å². The second-order valence-electron chi connectivity index (χ2n) is 6.85. The van der Waals surface area contributed by atoms with Crippen LogP contribution in [0.1, 0.15) is 17.3 Å².